The molecule has 1 aliphatic heterocycles. The Morgan fingerprint density at radius 2 is 1.84 bits per heavy atom. The molecule has 2 heterocycles. The molecule has 3 aromatic carbocycles. The molecule has 2 N–H and O–H groups in total. The molecule has 0 spiro atoms. The standard InChI is InChI=1S/C34H34ClFN4O3/c1-20(2)39-12-10-26(11-13-39)42-32-18-23-16-24(15-22(23)17-28(32)35)33(41)27-19-38-40(34(27)37)25-8-9-30(21(3)14-25)43-31-7-5-4-6-29(31)36/h4-9,14,16-20,26H,10-13,15,37H2,1-3H3. The summed E-state index contributed by atoms with van der Waals surface area (Å²) in [6, 6.07) is 15.9. The molecule has 2 aliphatic rings. The Bertz CT molecular complexity index is 1720. The van der Waals surface area contributed by atoms with Gasteiger partial charge in [-0.25, -0.2) is 9.07 Å². The molecular formula is C34H34ClFN4O3. The number of aryl methyl sites for hydroxylation is 1. The predicted molar refractivity (Wildman–Crippen MR) is 167 cm³/mol. The number of para-hydroxylation sites is 1. The van der Waals surface area contributed by atoms with Crippen LogP contribution in [0.4, 0.5) is 10.2 Å². The van der Waals surface area contributed by atoms with Gasteiger partial charge < -0.3 is 20.1 Å². The maximum Gasteiger partial charge on any atom is 0.194 e. The van der Waals surface area contributed by atoms with Crippen LogP contribution in [0.3, 0.4) is 0 Å². The molecule has 4 aromatic rings. The van der Waals surface area contributed by atoms with Crippen molar-refractivity contribution in [2.24, 2.45) is 0 Å². The number of Topliss-reactive ketones (excluding diaryl/α,β-unsaturated/α-hetero) is 1. The van der Waals surface area contributed by atoms with E-state index in [1.807, 2.05) is 31.2 Å². The van der Waals surface area contributed by atoms with E-state index in [1.165, 1.54) is 16.9 Å². The highest BCUT2D eigenvalue weighted by atomic mass is 35.5. The van der Waals surface area contributed by atoms with E-state index in [-0.39, 0.29) is 23.5 Å². The number of carbonyl (C=O) groups is 1. The summed E-state index contributed by atoms with van der Waals surface area (Å²) in [7, 11) is 0. The van der Waals surface area contributed by atoms with Gasteiger partial charge in [0.2, 0.25) is 0 Å². The van der Waals surface area contributed by atoms with Crippen molar-refractivity contribution in [3.63, 3.8) is 0 Å². The quantitative estimate of drug-likeness (QED) is 0.212. The number of hydrogen-bond acceptors (Lipinski definition) is 6. The predicted octanol–water partition coefficient (Wildman–Crippen LogP) is 7.42. The highest BCUT2D eigenvalue weighted by Crippen LogP contribution is 2.37. The molecule has 1 fully saturated rings. The molecular weight excluding hydrogens is 567 g/mol. The van der Waals surface area contributed by atoms with Gasteiger partial charge in [0, 0.05) is 31.1 Å². The number of benzene rings is 3. The van der Waals surface area contributed by atoms with Crippen LogP contribution in [0.15, 0.2) is 66.4 Å². The molecule has 0 atom stereocenters. The second-order valence-electron chi connectivity index (χ2n) is 11.4. The number of hydrogen-bond donors (Lipinski definition) is 1. The number of nitrogen functional groups attached to an aromatic ring is 1. The van der Waals surface area contributed by atoms with Gasteiger partial charge in [-0.2, -0.15) is 5.10 Å². The van der Waals surface area contributed by atoms with Crippen molar-refractivity contribution in [3.8, 4) is 22.9 Å². The summed E-state index contributed by atoms with van der Waals surface area (Å²) in [5, 5.41) is 4.96. The van der Waals surface area contributed by atoms with Crippen molar-refractivity contribution in [2.75, 3.05) is 18.8 Å². The number of rotatable bonds is 8. The Balaban J connectivity index is 1.17. The van der Waals surface area contributed by atoms with Crippen LogP contribution in [0.1, 0.15) is 53.7 Å². The number of ether oxygens (including phenoxy) is 2. The lowest BCUT2D eigenvalue weighted by atomic mass is 10.0. The molecule has 9 heteroatoms. The minimum atomic E-state index is -0.442. The third-order valence-electron chi connectivity index (χ3n) is 8.21. The molecule has 1 aromatic heterocycles. The lowest BCUT2D eigenvalue weighted by Gasteiger charge is -2.34. The minimum absolute atomic E-state index is 0.117. The first-order valence-electron chi connectivity index (χ1n) is 14.5. The minimum Gasteiger partial charge on any atom is -0.489 e. The number of allylic oxidation sites excluding steroid dienone is 1. The number of piperidine rings is 1. The Labute approximate surface area is 255 Å². The fourth-order valence-electron chi connectivity index (χ4n) is 5.70. The van der Waals surface area contributed by atoms with E-state index in [0.29, 0.717) is 45.8 Å². The second kappa shape index (κ2) is 11.9. The van der Waals surface area contributed by atoms with Crippen LogP contribution in [0.5, 0.6) is 17.2 Å². The van der Waals surface area contributed by atoms with Gasteiger partial charge in [-0.3, -0.25) is 4.79 Å². The number of ketones is 1. The fraction of sp³-hybridized carbons (Fsp3) is 0.294. The number of nitrogens with zero attached hydrogens (tertiary/aromatic N) is 3. The number of carbonyl (C=O) groups excluding carboxylic acids is 1. The van der Waals surface area contributed by atoms with Gasteiger partial charge in [0.1, 0.15) is 23.4 Å². The van der Waals surface area contributed by atoms with Crippen LogP contribution < -0.4 is 15.2 Å². The van der Waals surface area contributed by atoms with Gasteiger partial charge in [-0.1, -0.05) is 23.7 Å². The first-order valence-corrected chi connectivity index (χ1v) is 14.9. The Morgan fingerprint density at radius 3 is 2.56 bits per heavy atom. The molecule has 0 saturated carbocycles. The molecule has 1 saturated heterocycles. The lowest BCUT2D eigenvalue weighted by molar-refractivity contribution is 0.0843. The number of halogens is 2. The average Bonchev–Trinajstić information content (AvgIpc) is 3.58. The summed E-state index contributed by atoms with van der Waals surface area (Å²) in [5.74, 6) is 0.908. The molecule has 43 heavy (non-hydrogen) atoms. The van der Waals surface area contributed by atoms with Gasteiger partial charge in [-0.05, 0) is 98.8 Å². The number of aromatic nitrogens is 2. The van der Waals surface area contributed by atoms with Crippen LogP contribution in [-0.2, 0) is 6.42 Å². The summed E-state index contributed by atoms with van der Waals surface area (Å²) in [4.78, 5) is 16.0. The topological polar surface area (TPSA) is 82.6 Å². The number of anilines is 1. The summed E-state index contributed by atoms with van der Waals surface area (Å²) < 4.78 is 27.6. The van der Waals surface area contributed by atoms with E-state index in [2.05, 4.69) is 23.8 Å². The maximum absolute atomic E-state index is 14.1. The van der Waals surface area contributed by atoms with Crippen LogP contribution in [0.2, 0.25) is 5.02 Å². The van der Waals surface area contributed by atoms with Crippen molar-refractivity contribution in [1.29, 1.82) is 0 Å². The Morgan fingerprint density at radius 1 is 1.07 bits per heavy atom. The zero-order valence-electron chi connectivity index (χ0n) is 24.4. The second-order valence-corrected chi connectivity index (χ2v) is 11.8. The smallest absolute Gasteiger partial charge is 0.194 e. The van der Waals surface area contributed by atoms with Crippen molar-refractivity contribution >= 4 is 29.3 Å². The molecule has 6 rings (SSSR count). The van der Waals surface area contributed by atoms with Crippen molar-refractivity contribution in [3.05, 3.63) is 99.5 Å². The van der Waals surface area contributed by atoms with Gasteiger partial charge in [0.05, 0.1) is 22.5 Å². The molecule has 0 amide bonds. The fourth-order valence-corrected chi connectivity index (χ4v) is 5.94. The number of fused-ring (bicyclic) bond motifs is 1. The highest BCUT2D eigenvalue weighted by Gasteiger charge is 2.27. The van der Waals surface area contributed by atoms with E-state index in [1.54, 1.807) is 30.3 Å². The summed E-state index contributed by atoms with van der Waals surface area (Å²) in [6.07, 6.45) is 5.85. The summed E-state index contributed by atoms with van der Waals surface area (Å²) in [6.45, 7) is 8.29. The van der Waals surface area contributed by atoms with E-state index < -0.39 is 5.82 Å². The Kier molecular flexibility index (Phi) is 7.99. The number of likely N-dealkylation sites (tertiary alicyclic amines) is 1. The van der Waals surface area contributed by atoms with E-state index >= 15 is 0 Å². The summed E-state index contributed by atoms with van der Waals surface area (Å²) >= 11 is 6.62. The largest absolute Gasteiger partial charge is 0.489 e. The first-order chi connectivity index (χ1) is 20.7. The summed E-state index contributed by atoms with van der Waals surface area (Å²) in [5.41, 5.74) is 10.7. The lowest BCUT2D eigenvalue weighted by Crippen LogP contribution is -2.41. The average molecular weight is 601 g/mol. The van der Waals surface area contributed by atoms with E-state index in [9.17, 15) is 9.18 Å². The molecule has 0 radical (unpaired) electrons. The monoisotopic (exact) mass is 600 g/mol. The zero-order chi connectivity index (χ0) is 30.2. The third kappa shape index (κ3) is 5.90. The Hall–Kier alpha value is -4.14. The van der Waals surface area contributed by atoms with Crippen LogP contribution in [0, 0.1) is 12.7 Å². The van der Waals surface area contributed by atoms with Crippen LogP contribution >= 0.6 is 11.6 Å². The first kappa shape index (κ1) is 29.0. The molecule has 0 bridgehead atoms. The zero-order valence-corrected chi connectivity index (χ0v) is 25.2. The maximum atomic E-state index is 14.1. The van der Waals surface area contributed by atoms with Crippen molar-refractivity contribution in [2.45, 2.75) is 52.2 Å². The van der Waals surface area contributed by atoms with Gasteiger partial charge in [0.15, 0.2) is 17.3 Å². The van der Waals surface area contributed by atoms with Crippen LogP contribution in [-0.4, -0.2) is 45.7 Å². The van der Waals surface area contributed by atoms with Gasteiger partial charge in [0.25, 0.3) is 0 Å². The van der Waals surface area contributed by atoms with E-state index in [0.717, 1.165) is 42.6 Å². The normalized spacial score (nSPS) is 15.4. The van der Waals surface area contributed by atoms with Gasteiger partial charge >= 0.3 is 0 Å². The highest BCUT2D eigenvalue weighted by molar-refractivity contribution is 6.32. The SMILES string of the molecule is Cc1cc(-n2ncc(C(=O)C3=Cc4cc(OC5CCN(C(C)C)CC5)c(Cl)cc4C3)c2N)ccc1Oc1ccccc1F. The molecule has 222 valence electrons. The van der Waals surface area contributed by atoms with Crippen molar-refractivity contribution in [1.82, 2.24) is 14.7 Å². The van der Waals surface area contributed by atoms with Gasteiger partial charge in [-0.15, -0.1) is 0 Å². The molecule has 0 unspecified atom stereocenters. The van der Waals surface area contributed by atoms with Crippen molar-refractivity contribution < 1.29 is 18.7 Å². The van der Waals surface area contributed by atoms with Crippen LogP contribution in [0.25, 0.3) is 11.8 Å². The molecule has 1 aliphatic carbocycles. The molecule has 7 nitrogen and oxygen atoms in total. The van der Waals surface area contributed by atoms with E-state index in [4.69, 9.17) is 26.8 Å². The number of nitrogens with two attached hydrogens (primary N) is 1. The third-order valence-corrected chi connectivity index (χ3v) is 8.50.